The number of pyridine rings is 1. The summed E-state index contributed by atoms with van der Waals surface area (Å²) in [7, 11) is 0. The molecule has 0 spiro atoms. The van der Waals surface area contributed by atoms with E-state index < -0.39 is 0 Å². The highest BCUT2D eigenvalue weighted by atomic mass is 32.1. The van der Waals surface area contributed by atoms with Crippen LogP contribution in [-0.4, -0.2) is 22.4 Å². The molecule has 1 atom stereocenters. The number of benzene rings is 1. The lowest BCUT2D eigenvalue weighted by Gasteiger charge is -2.33. The van der Waals surface area contributed by atoms with E-state index in [1.54, 1.807) is 17.5 Å². The van der Waals surface area contributed by atoms with Gasteiger partial charge in [0.1, 0.15) is 5.01 Å². The van der Waals surface area contributed by atoms with Gasteiger partial charge in [-0.2, -0.15) is 0 Å². The van der Waals surface area contributed by atoms with Gasteiger partial charge in [0.05, 0.1) is 11.4 Å². The molecule has 4 rings (SSSR count). The van der Waals surface area contributed by atoms with Crippen LogP contribution in [0.5, 0.6) is 0 Å². The summed E-state index contributed by atoms with van der Waals surface area (Å²) in [6, 6.07) is 14.1. The van der Waals surface area contributed by atoms with E-state index in [9.17, 15) is 4.79 Å². The largest absolute Gasteiger partial charge is 0.312 e. The molecule has 3 aromatic rings. The summed E-state index contributed by atoms with van der Waals surface area (Å²) in [4.78, 5) is 23.8. The molecule has 0 fully saturated rings. The Kier molecular flexibility index (Phi) is 4.80. The third-order valence-corrected chi connectivity index (χ3v) is 5.59. The highest BCUT2D eigenvalue weighted by molar-refractivity contribution is 7.13. The first-order chi connectivity index (χ1) is 12.7. The fraction of sp³-hybridized carbons (Fsp3) is 0.286. The molecule has 0 saturated carbocycles. The molecule has 0 bridgehead atoms. The number of aromatic nitrogens is 2. The SMILES string of the molecule is CC1Cc2ccccc2N(C(=O)CCc2csc(-c3ccccn3)n2)C1. The minimum absolute atomic E-state index is 0.177. The van der Waals surface area contributed by atoms with Crippen LogP contribution in [0.15, 0.2) is 54.0 Å². The third-order valence-electron chi connectivity index (χ3n) is 4.68. The van der Waals surface area contributed by atoms with Crippen molar-refractivity contribution >= 4 is 22.9 Å². The predicted molar refractivity (Wildman–Crippen MR) is 105 cm³/mol. The molecule has 2 aromatic heterocycles. The van der Waals surface area contributed by atoms with Gasteiger partial charge in [0.15, 0.2) is 0 Å². The molecule has 1 amide bonds. The summed E-state index contributed by atoms with van der Waals surface area (Å²) in [5, 5.41) is 2.94. The van der Waals surface area contributed by atoms with Crippen LogP contribution in [0.4, 0.5) is 5.69 Å². The number of fused-ring (bicyclic) bond motifs is 1. The summed E-state index contributed by atoms with van der Waals surface area (Å²) < 4.78 is 0. The van der Waals surface area contributed by atoms with Crippen molar-refractivity contribution in [3.63, 3.8) is 0 Å². The smallest absolute Gasteiger partial charge is 0.227 e. The van der Waals surface area contributed by atoms with E-state index in [0.29, 0.717) is 18.8 Å². The molecule has 132 valence electrons. The van der Waals surface area contributed by atoms with Crippen LogP contribution in [0.2, 0.25) is 0 Å². The van der Waals surface area contributed by atoms with Crippen LogP contribution in [0.25, 0.3) is 10.7 Å². The maximum absolute atomic E-state index is 12.8. The Morgan fingerprint density at radius 1 is 1.23 bits per heavy atom. The maximum atomic E-state index is 12.8. The summed E-state index contributed by atoms with van der Waals surface area (Å²) in [6.07, 6.45) is 3.95. The molecule has 0 radical (unpaired) electrons. The number of amides is 1. The van der Waals surface area contributed by atoms with Crippen LogP contribution in [0, 0.1) is 5.92 Å². The van der Waals surface area contributed by atoms with Crippen LogP contribution < -0.4 is 4.90 Å². The molecule has 4 nitrogen and oxygen atoms in total. The zero-order valence-corrected chi connectivity index (χ0v) is 15.6. The highest BCUT2D eigenvalue weighted by Crippen LogP contribution is 2.30. The van der Waals surface area contributed by atoms with Gasteiger partial charge in [-0.15, -0.1) is 11.3 Å². The Labute approximate surface area is 157 Å². The van der Waals surface area contributed by atoms with E-state index in [2.05, 4.69) is 29.0 Å². The van der Waals surface area contributed by atoms with Crippen LogP contribution in [0.3, 0.4) is 0 Å². The molecule has 0 aliphatic carbocycles. The standard InChI is InChI=1S/C21H21N3OS/c1-15-12-16-6-2-3-8-19(16)24(13-15)20(25)10-9-17-14-26-21(23-17)18-7-4-5-11-22-18/h2-8,11,14-15H,9-10,12-13H2,1H3. The fourth-order valence-corrected chi connectivity index (χ4v) is 4.26. The van der Waals surface area contributed by atoms with Gasteiger partial charge >= 0.3 is 0 Å². The average Bonchev–Trinajstić information content (AvgIpc) is 3.15. The molecule has 1 unspecified atom stereocenters. The molecule has 3 heterocycles. The number of aryl methyl sites for hydroxylation is 1. The average molecular weight is 363 g/mol. The van der Waals surface area contributed by atoms with Gasteiger partial charge in [0.2, 0.25) is 5.91 Å². The zero-order chi connectivity index (χ0) is 17.9. The molecule has 1 aliphatic rings. The normalized spacial score (nSPS) is 16.3. The van der Waals surface area contributed by atoms with Gasteiger partial charge in [-0.25, -0.2) is 4.98 Å². The van der Waals surface area contributed by atoms with E-state index in [0.717, 1.165) is 35.0 Å². The lowest BCUT2D eigenvalue weighted by Crippen LogP contribution is -2.39. The summed E-state index contributed by atoms with van der Waals surface area (Å²) >= 11 is 1.58. The maximum Gasteiger partial charge on any atom is 0.227 e. The lowest BCUT2D eigenvalue weighted by atomic mass is 9.93. The summed E-state index contributed by atoms with van der Waals surface area (Å²) in [5.74, 6) is 0.667. The van der Waals surface area contributed by atoms with E-state index in [1.807, 2.05) is 40.6 Å². The number of hydrogen-bond acceptors (Lipinski definition) is 4. The van der Waals surface area contributed by atoms with Crippen LogP contribution in [0.1, 0.15) is 24.6 Å². The second-order valence-corrected chi connectivity index (χ2v) is 7.66. The Bertz CT molecular complexity index is 906. The molecule has 1 aromatic carbocycles. The first-order valence-electron chi connectivity index (χ1n) is 8.95. The van der Waals surface area contributed by atoms with Gasteiger partial charge in [-0.3, -0.25) is 9.78 Å². The minimum Gasteiger partial charge on any atom is -0.312 e. The van der Waals surface area contributed by atoms with Gasteiger partial charge in [0.25, 0.3) is 0 Å². The molecule has 26 heavy (non-hydrogen) atoms. The summed E-state index contributed by atoms with van der Waals surface area (Å²) in [6.45, 7) is 3.00. The zero-order valence-electron chi connectivity index (χ0n) is 14.8. The first kappa shape index (κ1) is 16.9. The van der Waals surface area contributed by atoms with Gasteiger partial charge in [0, 0.05) is 30.2 Å². The Morgan fingerprint density at radius 3 is 2.92 bits per heavy atom. The fourth-order valence-electron chi connectivity index (χ4n) is 3.43. The van der Waals surface area contributed by atoms with Crippen LogP contribution in [-0.2, 0) is 17.6 Å². The number of para-hydroxylation sites is 1. The van der Waals surface area contributed by atoms with Crippen molar-refractivity contribution in [3.8, 4) is 10.7 Å². The molecule has 1 aliphatic heterocycles. The number of carbonyl (C=O) groups excluding carboxylic acids is 1. The van der Waals surface area contributed by atoms with Crippen molar-refractivity contribution in [1.29, 1.82) is 0 Å². The lowest BCUT2D eigenvalue weighted by molar-refractivity contribution is -0.118. The molecule has 0 N–H and O–H groups in total. The van der Waals surface area contributed by atoms with E-state index in [-0.39, 0.29) is 5.91 Å². The molecular weight excluding hydrogens is 342 g/mol. The monoisotopic (exact) mass is 363 g/mol. The second kappa shape index (κ2) is 7.38. The van der Waals surface area contributed by atoms with Crippen molar-refractivity contribution in [3.05, 3.63) is 65.3 Å². The summed E-state index contributed by atoms with van der Waals surface area (Å²) in [5.41, 5.74) is 4.19. The number of thiazole rings is 1. The Morgan fingerprint density at radius 2 is 2.08 bits per heavy atom. The topological polar surface area (TPSA) is 46.1 Å². The minimum atomic E-state index is 0.177. The Balaban J connectivity index is 1.44. The molecule has 5 heteroatoms. The van der Waals surface area contributed by atoms with E-state index in [1.165, 1.54) is 5.56 Å². The van der Waals surface area contributed by atoms with Gasteiger partial charge in [-0.05, 0) is 42.5 Å². The Hall–Kier alpha value is -2.53. The third kappa shape index (κ3) is 3.53. The number of rotatable bonds is 4. The quantitative estimate of drug-likeness (QED) is 0.692. The van der Waals surface area contributed by atoms with Gasteiger partial charge in [-0.1, -0.05) is 31.2 Å². The number of anilines is 1. The molecular formula is C21H21N3OS. The molecule has 0 saturated heterocycles. The van der Waals surface area contributed by atoms with Gasteiger partial charge < -0.3 is 4.90 Å². The van der Waals surface area contributed by atoms with Crippen LogP contribution >= 0.6 is 11.3 Å². The van der Waals surface area contributed by atoms with Crippen molar-refractivity contribution < 1.29 is 4.79 Å². The van der Waals surface area contributed by atoms with Crippen molar-refractivity contribution in [2.45, 2.75) is 26.2 Å². The number of hydrogen-bond donors (Lipinski definition) is 0. The predicted octanol–water partition coefficient (Wildman–Crippen LogP) is 4.36. The van der Waals surface area contributed by atoms with Crippen molar-refractivity contribution in [1.82, 2.24) is 9.97 Å². The van der Waals surface area contributed by atoms with E-state index in [4.69, 9.17) is 0 Å². The second-order valence-electron chi connectivity index (χ2n) is 6.80. The van der Waals surface area contributed by atoms with E-state index >= 15 is 0 Å². The number of carbonyl (C=O) groups is 1. The van der Waals surface area contributed by atoms with Crippen molar-refractivity contribution in [2.24, 2.45) is 5.92 Å². The van der Waals surface area contributed by atoms with Crippen molar-refractivity contribution in [2.75, 3.05) is 11.4 Å². The highest BCUT2D eigenvalue weighted by Gasteiger charge is 2.25. The first-order valence-corrected chi connectivity index (χ1v) is 9.83. The number of nitrogens with zero attached hydrogens (tertiary/aromatic N) is 3.